The average Bonchev–Trinajstić information content (AvgIpc) is 2.70. The van der Waals surface area contributed by atoms with E-state index in [0.29, 0.717) is 43.2 Å². The molecule has 0 aliphatic carbocycles. The summed E-state index contributed by atoms with van der Waals surface area (Å²) in [5.41, 5.74) is 7.14. The molecule has 2 heterocycles. The SMILES string of the molecule is NC(Cc1ccccc1)C(=O)N1CCC(C(=O)Nc2ccc(Cl)cn2)CC1. The van der Waals surface area contributed by atoms with Crippen LogP contribution in [0, 0.1) is 5.92 Å². The highest BCUT2D eigenvalue weighted by Crippen LogP contribution is 2.20. The van der Waals surface area contributed by atoms with Crippen molar-refractivity contribution in [2.75, 3.05) is 18.4 Å². The third-order valence-electron chi connectivity index (χ3n) is 4.77. The lowest BCUT2D eigenvalue weighted by atomic mass is 9.95. The van der Waals surface area contributed by atoms with Gasteiger partial charge in [0.2, 0.25) is 11.8 Å². The standard InChI is InChI=1S/C20H23ClN4O2/c21-16-6-7-18(23-13-16)24-19(26)15-8-10-25(11-9-15)20(27)17(22)12-14-4-2-1-3-5-14/h1-7,13,15,17H,8-12,22H2,(H,23,24,26). The second-order valence-electron chi connectivity index (χ2n) is 6.75. The Hall–Kier alpha value is -2.44. The number of benzene rings is 1. The summed E-state index contributed by atoms with van der Waals surface area (Å²) in [6, 6.07) is 12.5. The van der Waals surface area contributed by atoms with Gasteiger partial charge >= 0.3 is 0 Å². The van der Waals surface area contributed by atoms with Gasteiger partial charge < -0.3 is 16.0 Å². The Kier molecular flexibility index (Phi) is 6.42. The van der Waals surface area contributed by atoms with Gasteiger partial charge in [0.05, 0.1) is 11.1 Å². The molecular weight excluding hydrogens is 364 g/mol. The first-order valence-corrected chi connectivity index (χ1v) is 9.41. The molecular formula is C20H23ClN4O2. The predicted molar refractivity (Wildman–Crippen MR) is 105 cm³/mol. The Labute approximate surface area is 163 Å². The smallest absolute Gasteiger partial charge is 0.239 e. The number of anilines is 1. The summed E-state index contributed by atoms with van der Waals surface area (Å²) < 4.78 is 0. The van der Waals surface area contributed by atoms with E-state index in [1.165, 1.54) is 6.20 Å². The van der Waals surface area contributed by atoms with E-state index in [2.05, 4.69) is 10.3 Å². The maximum Gasteiger partial charge on any atom is 0.239 e. The third kappa shape index (κ3) is 5.28. The van der Waals surface area contributed by atoms with Crippen LogP contribution in [0.3, 0.4) is 0 Å². The van der Waals surface area contributed by atoms with Crippen molar-refractivity contribution < 1.29 is 9.59 Å². The van der Waals surface area contributed by atoms with E-state index in [0.717, 1.165) is 5.56 Å². The summed E-state index contributed by atoms with van der Waals surface area (Å²) in [6.07, 6.45) is 3.24. The van der Waals surface area contributed by atoms with E-state index >= 15 is 0 Å². The Morgan fingerprint density at radius 1 is 1.19 bits per heavy atom. The molecule has 2 amide bonds. The van der Waals surface area contributed by atoms with Crippen LogP contribution in [0.5, 0.6) is 0 Å². The Bertz CT molecular complexity index is 774. The van der Waals surface area contributed by atoms with Gasteiger partial charge in [0.15, 0.2) is 0 Å². The van der Waals surface area contributed by atoms with Gasteiger partial charge in [0.1, 0.15) is 5.82 Å². The maximum atomic E-state index is 12.6. The molecule has 3 rings (SSSR count). The van der Waals surface area contributed by atoms with Crippen LogP contribution < -0.4 is 11.1 Å². The zero-order valence-corrected chi connectivity index (χ0v) is 15.7. The van der Waals surface area contributed by atoms with E-state index in [1.807, 2.05) is 30.3 Å². The minimum Gasteiger partial charge on any atom is -0.341 e. The van der Waals surface area contributed by atoms with Gasteiger partial charge in [-0.25, -0.2) is 4.98 Å². The summed E-state index contributed by atoms with van der Waals surface area (Å²) in [5.74, 6) is 0.201. The molecule has 7 heteroatoms. The van der Waals surface area contributed by atoms with Gasteiger partial charge in [-0.2, -0.15) is 0 Å². The fraction of sp³-hybridized carbons (Fsp3) is 0.350. The number of amides is 2. The number of pyridine rings is 1. The molecule has 0 spiro atoms. The number of hydrogen-bond acceptors (Lipinski definition) is 4. The first kappa shape index (κ1) is 19.3. The van der Waals surface area contributed by atoms with Crippen molar-refractivity contribution in [3.63, 3.8) is 0 Å². The second kappa shape index (κ2) is 8.97. The van der Waals surface area contributed by atoms with Gasteiger partial charge in [0.25, 0.3) is 0 Å². The number of nitrogens with one attached hydrogen (secondary N) is 1. The van der Waals surface area contributed by atoms with Crippen LogP contribution in [0.4, 0.5) is 5.82 Å². The number of rotatable bonds is 5. The molecule has 2 aromatic rings. The number of hydrogen-bond donors (Lipinski definition) is 2. The summed E-state index contributed by atoms with van der Waals surface area (Å²) in [5, 5.41) is 3.32. The zero-order chi connectivity index (χ0) is 19.2. The van der Waals surface area contributed by atoms with Crippen LogP contribution in [0.15, 0.2) is 48.7 Å². The van der Waals surface area contributed by atoms with Crippen LogP contribution in [0.1, 0.15) is 18.4 Å². The summed E-state index contributed by atoms with van der Waals surface area (Å²) in [7, 11) is 0. The van der Waals surface area contributed by atoms with E-state index < -0.39 is 6.04 Å². The summed E-state index contributed by atoms with van der Waals surface area (Å²) >= 11 is 5.80. The van der Waals surface area contributed by atoms with Gasteiger partial charge in [-0.1, -0.05) is 41.9 Å². The van der Waals surface area contributed by atoms with Crippen molar-refractivity contribution in [1.82, 2.24) is 9.88 Å². The maximum absolute atomic E-state index is 12.6. The normalized spacial score (nSPS) is 16.0. The number of piperidine rings is 1. The molecule has 142 valence electrons. The van der Waals surface area contributed by atoms with Crippen molar-refractivity contribution in [2.24, 2.45) is 11.7 Å². The number of nitrogens with two attached hydrogens (primary N) is 1. The molecule has 1 unspecified atom stereocenters. The Morgan fingerprint density at radius 2 is 1.89 bits per heavy atom. The van der Waals surface area contributed by atoms with Crippen molar-refractivity contribution in [3.8, 4) is 0 Å². The summed E-state index contributed by atoms with van der Waals surface area (Å²) in [4.78, 5) is 30.8. The third-order valence-corrected chi connectivity index (χ3v) is 5.00. The quantitative estimate of drug-likeness (QED) is 0.826. The highest BCUT2D eigenvalue weighted by molar-refractivity contribution is 6.30. The molecule has 1 aliphatic heterocycles. The van der Waals surface area contributed by atoms with Crippen molar-refractivity contribution in [1.29, 1.82) is 0 Å². The highest BCUT2D eigenvalue weighted by atomic mass is 35.5. The molecule has 6 nitrogen and oxygen atoms in total. The Morgan fingerprint density at radius 3 is 2.52 bits per heavy atom. The monoisotopic (exact) mass is 386 g/mol. The van der Waals surface area contributed by atoms with Crippen LogP contribution in [0.2, 0.25) is 5.02 Å². The topological polar surface area (TPSA) is 88.3 Å². The van der Waals surface area contributed by atoms with E-state index in [-0.39, 0.29) is 17.7 Å². The fourth-order valence-electron chi connectivity index (χ4n) is 3.23. The number of likely N-dealkylation sites (tertiary alicyclic amines) is 1. The molecule has 0 radical (unpaired) electrons. The van der Waals surface area contributed by atoms with E-state index in [4.69, 9.17) is 17.3 Å². The van der Waals surface area contributed by atoms with Crippen LogP contribution in [-0.4, -0.2) is 40.8 Å². The molecule has 3 N–H and O–H groups in total. The van der Waals surface area contributed by atoms with Crippen molar-refractivity contribution in [3.05, 3.63) is 59.2 Å². The van der Waals surface area contributed by atoms with Gasteiger partial charge in [-0.15, -0.1) is 0 Å². The number of halogens is 1. The first-order chi connectivity index (χ1) is 13.0. The first-order valence-electron chi connectivity index (χ1n) is 9.03. The predicted octanol–water partition coefficient (Wildman–Crippen LogP) is 2.48. The van der Waals surface area contributed by atoms with Crippen LogP contribution in [0.25, 0.3) is 0 Å². The number of carbonyl (C=O) groups is 2. The molecule has 1 saturated heterocycles. The molecule has 1 fully saturated rings. The lowest BCUT2D eigenvalue weighted by Gasteiger charge is -2.33. The van der Waals surface area contributed by atoms with Crippen molar-refractivity contribution in [2.45, 2.75) is 25.3 Å². The highest BCUT2D eigenvalue weighted by Gasteiger charge is 2.29. The average molecular weight is 387 g/mol. The van der Waals surface area contributed by atoms with Crippen LogP contribution >= 0.6 is 11.6 Å². The lowest BCUT2D eigenvalue weighted by molar-refractivity contribution is -0.135. The minimum atomic E-state index is -0.559. The largest absolute Gasteiger partial charge is 0.341 e. The van der Waals surface area contributed by atoms with Gasteiger partial charge in [0, 0.05) is 25.2 Å². The number of aromatic nitrogens is 1. The van der Waals surface area contributed by atoms with E-state index in [9.17, 15) is 9.59 Å². The zero-order valence-electron chi connectivity index (χ0n) is 15.0. The number of nitrogens with zero attached hydrogens (tertiary/aromatic N) is 2. The molecule has 1 atom stereocenters. The fourth-order valence-corrected chi connectivity index (χ4v) is 3.34. The molecule has 27 heavy (non-hydrogen) atoms. The molecule has 1 aromatic heterocycles. The van der Waals surface area contributed by atoms with E-state index in [1.54, 1.807) is 17.0 Å². The lowest BCUT2D eigenvalue weighted by Crippen LogP contribution is -2.49. The molecule has 1 aliphatic rings. The van der Waals surface area contributed by atoms with Crippen molar-refractivity contribution >= 4 is 29.2 Å². The van der Waals surface area contributed by atoms with Crippen LogP contribution in [-0.2, 0) is 16.0 Å². The summed E-state index contributed by atoms with van der Waals surface area (Å²) in [6.45, 7) is 1.07. The minimum absolute atomic E-state index is 0.0583. The molecule has 0 bridgehead atoms. The van der Waals surface area contributed by atoms with Gasteiger partial charge in [-0.05, 0) is 37.0 Å². The molecule has 1 aromatic carbocycles. The van der Waals surface area contributed by atoms with Gasteiger partial charge in [-0.3, -0.25) is 9.59 Å². The Balaban J connectivity index is 1.48. The molecule has 0 saturated carbocycles. The number of carbonyl (C=O) groups excluding carboxylic acids is 2. The second-order valence-corrected chi connectivity index (χ2v) is 7.18.